The lowest BCUT2D eigenvalue weighted by Gasteiger charge is -2.52. The molecule has 0 bridgehead atoms. The SMILES string of the molecule is COCCO[C@H]1C(=O)N(C2CCN(C(=O)c3ccnn3C)CC2)[C@H]1c1ccncc1. The molecule has 2 fully saturated rings. The average molecular weight is 413 g/mol. The van der Waals surface area contributed by atoms with Gasteiger partial charge in [0.05, 0.1) is 19.3 Å². The van der Waals surface area contributed by atoms with Crippen LogP contribution < -0.4 is 0 Å². The number of pyridine rings is 1. The molecule has 0 spiro atoms. The second kappa shape index (κ2) is 8.93. The Morgan fingerprint density at radius 2 is 1.87 bits per heavy atom. The van der Waals surface area contributed by atoms with Crippen LogP contribution in [0.25, 0.3) is 0 Å². The first-order valence-electron chi connectivity index (χ1n) is 10.2. The lowest BCUT2D eigenvalue weighted by Crippen LogP contribution is -2.65. The van der Waals surface area contributed by atoms with Gasteiger partial charge in [-0.1, -0.05) is 0 Å². The number of piperidine rings is 1. The summed E-state index contributed by atoms with van der Waals surface area (Å²) in [5, 5.41) is 4.08. The Balaban J connectivity index is 1.43. The Labute approximate surface area is 175 Å². The highest BCUT2D eigenvalue weighted by molar-refractivity contribution is 5.92. The van der Waals surface area contributed by atoms with Crippen molar-refractivity contribution in [3.8, 4) is 0 Å². The largest absolute Gasteiger partial charge is 0.382 e. The molecule has 9 heteroatoms. The first-order valence-corrected chi connectivity index (χ1v) is 10.2. The number of aromatic nitrogens is 3. The maximum atomic E-state index is 12.9. The van der Waals surface area contributed by atoms with E-state index in [1.165, 1.54) is 0 Å². The molecule has 0 radical (unpaired) electrons. The van der Waals surface area contributed by atoms with Gasteiger partial charge in [0.15, 0.2) is 6.10 Å². The Hall–Kier alpha value is -2.78. The zero-order chi connectivity index (χ0) is 21.1. The van der Waals surface area contributed by atoms with Gasteiger partial charge in [0, 0.05) is 51.9 Å². The number of carbonyl (C=O) groups is 2. The number of hydrogen-bond donors (Lipinski definition) is 0. The van der Waals surface area contributed by atoms with Crippen LogP contribution in [0.3, 0.4) is 0 Å². The molecule has 2 aliphatic rings. The van der Waals surface area contributed by atoms with Crippen LogP contribution in [0.5, 0.6) is 0 Å². The third kappa shape index (κ3) is 3.82. The van der Waals surface area contributed by atoms with Crippen LogP contribution in [0, 0.1) is 0 Å². The standard InChI is InChI=1S/C21H27N5O4/c1-24-17(5-10-23-24)20(27)25-11-6-16(7-12-25)26-18(15-3-8-22-9-4-15)19(21(26)28)30-14-13-29-2/h3-5,8-10,16,18-19H,6-7,11-14H2,1-2H3/t18-,19+/m0/s1. The van der Waals surface area contributed by atoms with E-state index in [-0.39, 0.29) is 23.9 Å². The van der Waals surface area contributed by atoms with Crippen LogP contribution >= 0.6 is 0 Å². The van der Waals surface area contributed by atoms with E-state index in [2.05, 4.69) is 10.1 Å². The molecule has 0 aromatic carbocycles. The van der Waals surface area contributed by atoms with Gasteiger partial charge in [0.1, 0.15) is 5.69 Å². The summed E-state index contributed by atoms with van der Waals surface area (Å²) in [6.07, 6.45) is 6.07. The van der Waals surface area contributed by atoms with E-state index < -0.39 is 6.10 Å². The van der Waals surface area contributed by atoms with Crippen molar-refractivity contribution in [3.05, 3.63) is 48.0 Å². The number of carbonyl (C=O) groups excluding carboxylic acids is 2. The number of methoxy groups -OCH3 is 1. The average Bonchev–Trinajstić information content (AvgIpc) is 3.21. The quantitative estimate of drug-likeness (QED) is 0.498. The summed E-state index contributed by atoms with van der Waals surface area (Å²) in [7, 11) is 3.38. The Bertz CT molecular complexity index is 879. The number of aryl methyl sites for hydroxylation is 1. The minimum absolute atomic E-state index is 0.00401. The molecule has 2 aromatic rings. The van der Waals surface area contributed by atoms with Crippen LogP contribution in [-0.2, 0) is 21.3 Å². The van der Waals surface area contributed by atoms with E-state index in [0.717, 1.165) is 18.4 Å². The normalized spacial score (nSPS) is 22.3. The summed E-state index contributed by atoms with van der Waals surface area (Å²) in [5.41, 5.74) is 1.59. The van der Waals surface area contributed by atoms with E-state index in [4.69, 9.17) is 9.47 Å². The van der Waals surface area contributed by atoms with Crippen LogP contribution in [0.4, 0.5) is 0 Å². The molecule has 2 aromatic heterocycles. The van der Waals surface area contributed by atoms with Crippen molar-refractivity contribution >= 4 is 11.8 Å². The van der Waals surface area contributed by atoms with Gasteiger partial charge >= 0.3 is 0 Å². The monoisotopic (exact) mass is 413 g/mol. The first kappa shape index (κ1) is 20.5. The number of likely N-dealkylation sites (tertiary alicyclic amines) is 2. The van der Waals surface area contributed by atoms with Gasteiger partial charge in [-0.3, -0.25) is 19.3 Å². The fraction of sp³-hybridized carbons (Fsp3) is 0.524. The van der Waals surface area contributed by atoms with Crippen molar-refractivity contribution in [1.82, 2.24) is 24.6 Å². The number of rotatable bonds is 7. The van der Waals surface area contributed by atoms with E-state index in [9.17, 15) is 9.59 Å². The first-order chi connectivity index (χ1) is 14.6. The molecule has 0 unspecified atom stereocenters. The molecule has 0 aliphatic carbocycles. The van der Waals surface area contributed by atoms with E-state index >= 15 is 0 Å². The van der Waals surface area contributed by atoms with Gasteiger partial charge in [0.25, 0.3) is 11.8 Å². The molecule has 2 saturated heterocycles. The number of ether oxygens (including phenoxy) is 2. The highest BCUT2D eigenvalue weighted by Gasteiger charge is 2.52. The van der Waals surface area contributed by atoms with Gasteiger partial charge in [0.2, 0.25) is 0 Å². The fourth-order valence-electron chi connectivity index (χ4n) is 4.30. The number of amides is 2. The molecule has 2 aliphatic heterocycles. The maximum absolute atomic E-state index is 12.9. The highest BCUT2D eigenvalue weighted by atomic mass is 16.5. The van der Waals surface area contributed by atoms with Crippen molar-refractivity contribution in [2.45, 2.75) is 31.0 Å². The molecule has 2 amide bonds. The lowest BCUT2D eigenvalue weighted by atomic mass is 9.86. The Kier molecular flexibility index (Phi) is 6.10. The van der Waals surface area contributed by atoms with Crippen LogP contribution in [0.15, 0.2) is 36.8 Å². The van der Waals surface area contributed by atoms with Gasteiger partial charge < -0.3 is 19.3 Å². The third-order valence-corrected chi connectivity index (χ3v) is 5.90. The topological polar surface area (TPSA) is 89.8 Å². The minimum Gasteiger partial charge on any atom is -0.382 e. The summed E-state index contributed by atoms with van der Waals surface area (Å²) in [4.78, 5) is 33.5. The molecule has 160 valence electrons. The zero-order valence-electron chi connectivity index (χ0n) is 17.3. The molecule has 0 N–H and O–H groups in total. The summed E-state index contributed by atoms with van der Waals surface area (Å²) >= 11 is 0. The number of hydrogen-bond acceptors (Lipinski definition) is 6. The second-order valence-corrected chi connectivity index (χ2v) is 7.62. The predicted octanol–water partition coefficient (Wildman–Crippen LogP) is 1.03. The van der Waals surface area contributed by atoms with Gasteiger partial charge in [-0.15, -0.1) is 0 Å². The van der Waals surface area contributed by atoms with Crippen LogP contribution in [0.1, 0.15) is 34.9 Å². The molecule has 30 heavy (non-hydrogen) atoms. The van der Waals surface area contributed by atoms with Crippen molar-refractivity contribution in [1.29, 1.82) is 0 Å². The molecule has 9 nitrogen and oxygen atoms in total. The minimum atomic E-state index is -0.503. The Morgan fingerprint density at radius 3 is 2.50 bits per heavy atom. The second-order valence-electron chi connectivity index (χ2n) is 7.62. The van der Waals surface area contributed by atoms with Gasteiger partial charge in [-0.25, -0.2) is 0 Å². The summed E-state index contributed by atoms with van der Waals surface area (Å²) < 4.78 is 12.5. The number of nitrogens with zero attached hydrogens (tertiary/aromatic N) is 5. The fourth-order valence-corrected chi connectivity index (χ4v) is 4.30. The van der Waals surface area contributed by atoms with Crippen molar-refractivity contribution < 1.29 is 19.1 Å². The molecular formula is C21H27N5O4. The van der Waals surface area contributed by atoms with E-state index in [0.29, 0.717) is 32.0 Å². The molecular weight excluding hydrogens is 386 g/mol. The van der Waals surface area contributed by atoms with Gasteiger partial charge in [-0.05, 0) is 36.6 Å². The van der Waals surface area contributed by atoms with Crippen LogP contribution in [0.2, 0.25) is 0 Å². The van der Waals surface area contributed by atoms with Crippen molar-refractivity contribution in [3.63, 3.8) is 0 Å². The summed E-state index contributed by atoms with van der Waals surface area (Å²) in [6, 6.07) is 5.53. The molecule has 2 atom stereocenters. The van der Waals surface area contributed by atoms with Crippen molar-refractivity contribution in [2.75, 3.05) is 33.4 Å². The maximum Gasteiger partial charge on any atom is 0.272 e. The van der Waals surface area contributed by atoms with E-state index in [1.54, 1.807) is 43.5 Å². The number of β-lactam (4-membered cyclic amide) rings is 1. The van der Waals surface area contributed by atoms with Gasteiger partial charge in [-0.2, -0.15) is 5.10 Å². The van der Waals surface area contributed by atoms with Crippen LogP contribution in [-0.4, -0.2) is 81.9 Å². The molecule has 0 saturated carbocycles. The Morgan fingerprint density at radius 1 is 1.13 bits per heavy atom. The zero-order valence-corrected chi connectivity index (χ0v) is 17.3. The molecule has 4 heterocycles. The third-order valence-electron chi connectivity index (χ3n) is 5.90. The highest BCUT2D eigenvalue weighted by Crippen LogP contribution is 2.40. The van der Waals surface area contributed by atoms with E-state index in [1.807, 2.05) is 21.9 Å². The summed E-state index contributed by atoms with van der Waals surface area (Å²) in [6.45, 7) is 2.04. The summed E-state index contributed by atoms with van der Waals surface area (Å²) in [5.74, 6) is -0.0147. The van der Waals surface area contributed by atoms with Crippen molar-refractivity contribution in [2.24, 2.45) is 7.05 Å². The smallest absolute Gasteiger partial charge is 0.272 e. The predicted molar refractivity (Wildman–Crippen MR) is 108 cm³/mol. The lowest BCUT2D eigenvalue weighted by molar-refractivity contribution is -0.183. The molecule has 4 rings (SSSR count).